The van der Waals surface area contributed by atoms with Gasteiger partial charge in [0.1, 0.15) is 8.07 Å². The summed E-state index contributed by atoms with van der Waals surface area (Å²) in [7, 11) is -1.52. The van der Waals surface area contributed by atoms with E-state index in [1.807, 2.05) is 0 Å². The van der Waals surface area contributed by atoms with Crippen LogP contribution < -0.4 is 5.19 Å². The summed E-state index contributed by atoms with van der Waals surface area (Å²) in [6.07, 6.45) is 10.0. The number of benzene rings is 1. The van der Waals surface area contributed by atoms with E-state index in [4.69, 9.17) is 0 Å². The second-order valence-electron chi connectivity index (χ2n) is 14.6. The molecule has 4 bridgehead atoms. The Balaban J connectivity index is 1.38. The summed E-state index contributed by atoms with van der Waals surface area (Å²) in [6.45, 7) is 21.5. The minimum absolute atomic E-state index is 0.598. The minimum atomic E-state index is -1.52. The molecule has 8 atom stereocenters. The van der Waals surface area contributed by atoms with Crippen LogP contribution in [0.1, 0.15) is 67.2 Å². The van der Waals surface area contributed by atoms with Gasteiger partial charge in [-0.25, -0.2) is 0 Å². The van der Waals surface area contributed by atoms with Gasteiger partial charge >= 0.3 is 0 Å². The number of hydrogen-bond acceptors (Lipinski definition) is 0. The van der Waals surface area contributed by atoms with E-state index in [9.17, 15) is 0 Å². The fraction of sp³-hybridized carbons (Fsp3) is 0.742. The standard InChI is InChI=1S/C31H49BSi/c1-21-26-17-23(30(26,3)4)19-28(21)32(29-20-24-18-27(22(29)2)31(24,5)6)15-12-16-33(7,8)25-13-10-9-11-14-25/h9-14,16,21-24,26-29H,15,17-20H2,1-8H3/b16-12+/t21-,22-,23+,24+,26-,27-,28-,29-/m0/s1. The molecule has 0 nitrogen and oxygen atoms in total. The second kappa shape index (κ2) is 8.14. The molecule has 0 heterocycles. The van der Waals surface area contributed by atoms with Crippen LogP contribution >= 0.6 is 0 Å². The van der Waals surface area contributed by atoms with Crippen molar-refractivity contribution in [2.75, 3.05) is 0 Å². The van der Waals surface area contributed by atoms with Crippen molar-refractivity contribution < 1.29 is 0 Å². The Hall–Kier alpha value is -0.758. The lowest BCUT2D eigenvalue weighted by Gasteiger charge is -2.66. The van der Waals surface area contributed by atoms with Crippen molar-refractivity contribution in [3.63, 3.8) is 0 Å². The zero-order valence-corrected chi connectivity index (χ0v) is 23.8. The van der Waals surface area contributed by atoms with Crippen molar-refractivity contribution >= 4 is 20.0 Å². The van der Waals surface area contributed by atoms with Gasteiger partial charge in [-0.1, -0.05) is 133 Å². The van der Waals surface area contributed by atoms with Gasteiger partial charge in [0.15, 0.2) is 6.71 Å². The van der Waals surface area contributed by atoms with Crippen LogP contribution in [0.4, 0.5) is 0 Å². The van der Waals surface area contributed by atoms with Crippen LogP contribution in [0.25, 0.3) is 0 Å². The first kappa shape index (κ1) is 24.0. The van der Waals surface area contributed by atoms with Gasteiger partial charge in [-0.15, -0.1) is 0 Å². The van der Waals surface area contributed by atoms with Crippen LogP contribution in [0.15, 0.2) is 42.1 Å². The number of allylic oxidation sites excluding steroid dienone is 1. The summed E-state index contributed by atoms with van der Waals surface area (Å²) in [4.78, 5) is 0. The fourth-order valence-corrected chi connectivity index (χ4v) is 11.6. The number of fused-ring (bicyclic) bond motifs is 4. The molecule has 0 spiro atoms. The molecule has 6 aliphatic carbocycles. The molecule has 7 rings (SSSR count). The number of rotatable bonds is 6. The average Bonchev–Trinajstić information content (AvgIpc) is 2.77. The van der Waals surface area contributed by atoms with E-state index < -0.39 is 8.07 Å². The Morgan fingerprint density at radius 2 is 1.30 bits per heavy atom. The minimum Gasteiger partial charge on any atom is -0.0992 e. The lowest BCUT2D eigenvalue weighted by atomic mass is 9.20. The molecule has 2 heteroatoms. The third kappa shape index (κ3) is 3.76. The molecule has 6 saturated carbocycles. The first-order chi connectivity index (χ1) is 15.4. The largest absolute Gasteiger partial charge is 0.150 e. The van der Waals surface area contributed by atoms with Gasteiger partial charge in [0, 0.05) is 0 Å². The molecular formula is C31H49BSi. The highest BCUT2D eigenvalue weighted by Crippen LogP contribution is 2.69. The first-order valence-electron chi connectivity index (χ1n) is 14.2. The molecule has 33 heavy (non-hydrogen) atoms. The lowest BCUT2D eigenvalue weighted by Crippen LogP contribution is -2.59. The summed E-state index contributed by atoms with van der Waals surface area (Å²) in [5, 5.41) is 1.57. The van der Waals surface area contributed by atoms with Gasteiger partial charge in [-0.3, -0.25) is 0 Å². The van der Waals surface area contributed by atoms with Gasteiger partial charge in [0.2, 0.25) is 0 Å². The van der Waals surface area contributed by atoms with E-state index in [1.54, 1.807) is 5.19 Å². The third-order valence-electron chi connectivity index (χ3n) is 12.4. The van der Waals surface area contributed by atoms with Crippen LogP contribution in [0.2, 0.25) is 31.0 Å². The second-order valence-corrected chi connectivity index (χ2v) is 19.0. The first-order valence-corrected chi connectivity index (χ1v) is 17.3. The van der Waals surface area contributed by atoms with E-state index in [0.29, 0.717) is 10.8 Å². The van der Waals surface area contributed by atoms with Crippen molar-refractivity contribution in [2.45, 2.75) is 98.3 Å². The quantitative estimate of drug-likeness (QED) is 0.374. The summed E-state index contributed by atoms with van der Waals surface area (Å²) in [5.41, 5.74) is 3.87. The zero-order chi connectivity index (χ0) is 23.8. The highest BCUT2D eigenvalue weighted by molar-refractivity contribution is 6.94. The van der Waals surface area contributed by atoms with Crippen LogP contribution in [-0.4, -0.2) is 14.8 Å². The Kier molecular flexibility index (Phi) is 5.91. The Bertz CT molecular complexity index is 841. The summed E-state index contributed by atoms with van der Waals surface area (Å²) < 4.78 is 0. The van der Waals surface area contributed by atoms with Crippen molar-refractivity contribution in [1.29, 1.82) is 0 Å². The molecule has 180 valence electrons. The van der Waals surface area contributed by atoms with E-state index in [1.165, 1.54) is 32.0 Å². The van der Waals surface area contributed by atoms with Crippen LogP contribution in [0.5, 0.6) is 0 Å². The van der Waals surface area contributed by atoms with E-state index in [2.05, 4.69) is 96.7 Å². The molecule has 0 radical (unpaired) electrons. The van der Waals surface area contributed by atoms with Crippen LogP contribution in [0, 0.1) is 46.3 Å². The maximum Gasteiger partial charge on any atom is 0.150 e. The fourth-order valence-electron chi connectivity index (χ4n) is 9.66. The van der Waals surface area contributed by atoms with Crippen molar-refractivity contribution in [3.8, 4) is 0 Å². The van der Waals surface area contributed by atoms with E-state index in [-0.39, 0.29) is 0 Å². The molecular weight excluding hydrogens is 411 g/mol. The van der Waals surface area contributed by atoms with Crippen LogP contribution in [0.3, 0.4) is 0 Å². The van der Waals surface area contributed by atoms with Crippen molar-refractivity contribution in [3.05, 3.63) is 42.1 Å². The van der Waals surface area contributed by atoms with Gasteiger partial charge in [-0.2, -0.15) is 0 Å². The zero-order valence-electron chi connectivity index (χ0n) is 22.8. The Morgan fingerprint density at radius 3 is 1.73 bits per heavy atom. The molecule has 0 aromatic heterocycles. The maximum atomic E-state index is 2.67. The van der Waals surface area contributed by atoms with Gasteiger partial charge < -0.3 is 0 Å². The van der Waals surface area contributed by atoms with E-state index >= 15 is 0 Å². The van der Waals surface area contributed by atoms with Gasteiger partial charge in [0.25, 0.3) is 0 Å². The maximum absolute atomic E-state index is 2.67. The Labute approximate surface area is 206 Å². The summed E-state index contributed by atoms with van der Waals surface area (Å²) >= 11 is 0. The van der Waals surface area contributed by atoms with Gasteiger partial charge in [-0.05, 0) is 59.2 Å². The molecule has 1 aromatic carbocycles. The average molecular weight is 461 g/mol. The predicted octanol–water partition coefficient (Wildman–Crippen LogP) is 8.34. The smallest absolute Gasteiger partial charge is 0.0992 e. The Morgan fingerprint density at radius 1 is 0.818 bits per heavy atom. The predicted molar refractivity (Wildman–Crippen MR) is 149 cm³/mol. The van der Waals surface area contributed by atoms with Crippen molar-refractivity contribution in [1.82, 2.24) is 0 Å². The SMILES string of the molecule is C[C@@H]1[C@@H](B(C/C=C/[Si](C)(C)c2ccccc2)[C@H]2C[C@H]3C[C@@H]([C@@H]2C)C3(C)C)C[C@H]2C[C@@H]1C2(C)C. The van der Waals surface area contributed by atoms with Crippen LogP contribution in [-0.2, 0) is 0 Å². The van der Waals surface area contributed by atoms with E-state index in [0.717, 1.165) is 53.9 Å². The lowest BCUT2D eigenvalue weighted by molar-refractivity contribution is -0.107. The topological polar surface area (TPSA) is 0 Å². The third-order valence-corrected chi connectivity index (χ3v) is 15.3. The highest BCUT2D eigenvalue weighted by atomic mass is 28.3. The monoisotopic (exact) mass is 460 g/mol. The van der Waals surface area contributed by atoms with Gasteiger partial charge in [0.05, 0.1) is 0 Å². The molecule has 0 saturated heterocycles. The molecule has 0 N–H and O–H groups in total. The summed E-state index contributed by atoms with van der Waals surface area (Å²) in [6, 6.07) is 11.3. The normalized spacial score (nSPS) is 40.7. The number of hydrogen-bond donors (Lipinski definition) is 0. The van der Waals surface area contributed by atoms with Crippen molar-refractivity contribution in [2.24, 2.45) is 46.3 Å². The molecule has 0 unspecified atom stereocenters. The molecule has 6 fully saturated rings. The molecule has 0 aliphatic heterocycles. The highest BCUT2D eigenvalue weighted by Gasteiger charge is 2.62. The summed E-state index contributed by atoms with van der Waals surface area (Å²) in [5.74, 6) is 7.59. The molecule has 0 amide bonds. The molecule has 1 aromatic rings. The molecule has 6 aliphatic rings.